The fourth-order valence-corrected chi connectivity index (χ4v) is 3.07. The number of nitrogens with zero attached hydrogens (tertiary/aromatic N) is 1. The molecule has 1 heterocycles. The molecule has 3 N–H and O–H groups in total. The Kier molecular flexibility index (Phi) is 4.25. The van der Waals surface area contributed by atoms with Crippen molar-refractivity contribution in [2.45, 2.75) is 31.7 Å². The second kappa shape index (κ2) is 6.31. The average Bonchev–Trinajstić information content (AvgIpc) is 3.03. The second-order valence-corrected chi connectivity index (χ2v) is 6.02. The SMILES string of the molecule is NC1CCC(C(=O)Nc2ccc(N3CC=CC3)cc2)CC1. The van der Waals surface area contributed by atoms with Gasteiger partial charge in [-0.25, -0.2) is 0 Å². The van der Waals surface area contributed by atoms with E-state index in [0.29, 0.717) is 0 Å². The van der Waals surface area contributed by atoms with Crippen LogP contribution >= 0.6 is 0 Å². The van der Waals surface area contributed by atoms with Crippen LogP contribution in [0.15, 0.2) is 36.4 Å². The predicted molar refractivity (Wildman–Crippen MR) is 86.4 cm³/mol. The van der Waals surface area contributed by atoms with Gasteiger partial charge in [-0.1, -0.05) is 12.2 Å². The molecule has 0 atom stereocenters. The summed E-state index contributed by atoms with van der Waals surface area (Å²) in [5.41, 5.74) is 7.96. The Bertz CT molecular complexity index is 507. The molecule has 3 rings (SSSR count). The number of hydrogen-bond acceptors (Lipinski definition) is 3. The van der Waals surface area contributed by atoms with Gasteiger partial charge in [0, 0.05) is 36.4 Å². The minimum atomic E-state index is 0.118. The highest BCUT2D eigenvalue weighted by atomic mass is 16.1. The molecule has 0 bridgehead atoms. The van der Waals surface area contributed by atoms with E-state index < -0.39 is 0 Å². The standard InChI is InChI=1S/C17H23N3O/c18-14-5-3-13(4-6-14)17(21)19-15-7-9-16(10-8-15)20-11-1-2-12-20/h1-2,7-10,13-14H,3-6,11-12,18H2,(H,19,21). The van der Waals surface area contributed by atoms with Gasteiger partial charge in [0.25, 0.3) is 0 Å². The lowest BCUT2D eigenvalue weighted by molar-refractivity contribution is -0.120. The summed E-state index contributed by atoms with van der Waals surface area (Å²) in [6.07, 6.45) is 8.07. The van der Waals surface area contributed by atoms with Crippen molar-refractivity contribution in [3.8, 4) is 0 Å². The van der Waals surface area contributed by atoms with Gasteiger partial charge in [0.05, 0.1) is 0 Å². The normalized spacial score (nSPS) is 25.1. The topological polar surface area (TPSA) is 58.4 Å². The molecule has 0 radical (unpaired) electrons. The number of nitrogens with one attached hydrogen (secondary N) is 1. The minimum absolute atomic E-state index is 0.118. The summed E-state index contributed by atoms with van der Waals surface area (Å²) >= 11 is 0. The van der Waals surface area contributed by atoms with E-state index in [1.54, 1.807) is 0 Å². The Morgan fingerprint density at radius 2 is 1.67 bits per heavy atom. The monoisotopic (exact) mass is 285 g/mol. The number of amides is 1. The maximum absolute atomic E-state index is 12.2. The predicted octanol–water partition coefficient (Wildman–Crippen LogP) is 2.52. The van der Waals surface area contributed by atoms with Gasteiger partial charge in [-0.2, -0.15) is 0 Å². The number of benzene rings is 1. The summed E-state index contributed by atoms with van der Waals surface area (Å²) in [4.78, 5) is 14.5. The number of anilines is 2. The first kappa shape index (κ1) is 14.1. The van der Waals surface area contributed by atoms with Gasteiger partial charge in [-0.05, 0) is 49.9 Å². The first-order valence-electron chi connectivity index (χ1n) is 7.79. The summed E-state index contributed by atoms with van der Waals surface area (Å²) in [7, 11) is 0. The number of carbonyl (C=O) groups is 1. The highest BCUT2D eigenvalue weighted by Gasteiger charge is 2.24. The van der Waals surface area contributed by atoms with Crippen LogP contribution in [0.5, 0.6) is 0 Å². The fourth-order valence-electron chi connectivity index (χ4n) is 3.07. The minimum Gasteiger partial charge on any atom is -0.364 e. The van der Waals surface area contributed by atoms with Crippen LogP contribution in [0.4, 0.5) is 11.4 Å². The molecule has 0 spiro atoms. The molecule has 112 valence electrons. The van der Waals surface area contributed by atoms with Crippen molar-refractivity contribution in [1.29, 1.82) is 0 Å². The first-order valence-corrected chi connectivity index (χ1v) is 7.79. The van der Waals surface area contributed by atoms with Crippen molar-refractivity contribution in [2.75, 3.05) is 23.3 Å². The van der Waals surface area contributed by atoms with E-state index in [4.69, 9.17) is 5.73 Å². The van der Waals surface area contributed by atoms with Crippen LogP contribution in [0.3, 0.4) is 0 Å². The van der Waals surface area contributed by atoms with Gasteiger partial charge in [0.1, 0.15) is 0 Å². The lowest BCUT2D eigenvalue weighted by Crippen LogP contribution is -2.32. The summed E-state index contributed by atoms with van der Waals surface area (Å²) in [5.74, 6) is 0.254. The largest absolute Gasteiger partial charge is 0.364 e. The molecule has 4 heteroatoms. The van der Waals surface area contributed by atoms with Gasteiger partial charge in [0.2, 0.25) is 5.91 Å². The molecule has 1 aromatic carbocycles. The third kappa shape index (κ3) is 3.45. The molecular formula is C17H23N3O. The van der Waals surface area contributed by atoms with E-state index in [9.17, 15) is 4.79 Å². The Labute approximate surface area is 126 Å². The summed E-state index contributed by atoms with van der Waals surface area (Å²) < 4.78 is 0. The molecular weight excluding hydrogens is 262 g/mol. The summed E-state index contributed by atoms with van der Waals surface area (Å²) in [5, 5.41) is 3.03. The maximum Gasteiger partial charge on any atom is 0.227 e. The van der Waals surface area contributed by atoms with Crippen molar-refractivity contribution in [1.82, 2.24) is 0 Å². The van der Waals surface area contributed by atoms with E-state index in [2.05, 4.69) is 34.5 Å². The lowest BCUT2D eigenvalue weighted by Gasteiger charge is -2.25. The zero-order valence-corrected chi connectivity index (χ0v) is 12.3. The van der Waals surface area contributed by atoms with Crippen molar-refractivity contribution in [3.05, 3.63) is 36.4 Å². The number of nitrogens with two attached hydrogens (primary N) is 1. The zero-order valence-electron chi connectivity index (χ0n) is 12.3. The van der Waals surface area contributed by atoms with Gasteiger partial charge < -0.3 is 16.0 Å². The molecule has 1 saturated carbocycles. The lowest BCUT2D eigenvalue weighted by atomic mass is 9.86. The molecule has 1 aromatic rings. The zero-order chi connectivity index (χ0) is 14.7. The Balaban J connectivity index is 1.56. The third-order valence-corrected chi connectivity index (χ3v) is 4.46. The van der Waals surface area contributed by atoms with Crippen LogP contribution < -0.4 is 16.0 Å². The molecule has 2 aliphatic rings. The van der Waals surface area contributed by atoms with Crippen molar-refractivity contribution < 1.29 is 4.79 Å². The quantitative estimate of drug-likeness (QED) is 0.839. The molecule has 0 saturated heterocycles. The van der Waals surface area contributed by atoms with E-state index in [1.165, 1.54) is 5.69 Å². The highest BCUT2D eigenvalue weighted by molar-refractivity contribution is 5.92. The van der Waals surface area contributed by atoms with Gasteiger partial charge in [0.15, 0.2) is 0 Å². The second-order valence-electron chi connectivity index (χ2n) is 6.02. The summed E-state index contributed by atoms with van der Waals surface area (Å²) in [6, 6.07) is 8.39. The number of rotatable bonds is 3. The Hall–Kier alpha value is -1.81. The molecule has 1 amide bonds. The number of hydrogen-bond donors (Lipinski definition) is 2. The Morgan fingerprint density at radius 3 is 2.29 bits per heavy atom. The van der Waals surface area contributed by atoms with E-state index in [-0.39, 0.29) is 17.9 Å². The number of carbonyl (C=O) groups excluding carboxylic acids is 1. The van der Waals surface area contributed by atoms with E-state index >= 15 is 0 Å². The van der Waals surface area contributed by atoms with Crippen LogP contribution in [0.1, 0.15) is 25.7 Å². The van der Waals surface area contributed by atoms with Crippen LogP contribution in [0, 0.1) is 5.92 Å². The maximum atomic E-state index is 12.2. The smallest absolute Gasteiger partial charge is 0.227 e. The molecule has 1 aliphatic heterocycles. The molecule has 0 unspecified atom stereocenters. The third-order valence-electron chi connectivity index (χ3n) is 4.46. The van der Waals surface area contributed by atoms with Gasteiger partial charge in [-0.3, -0.25) is 4.79 Å². The van der Waals surface area contributed by atoms with Crippen LogP contribution in [-0.4, -0.2) is 25.0 Å². The highest BCUT2D eigenvalue weighted by Crippen LogP contribution is 2.25. The van der Waals surface area contributed by atoms with Gasteiger partial charge >= 0.3 is 0 Å². The van der Waals surface area contributed by atoms with Crippen LogP contribution in [0.25, 0.3) is 0 Å². The molecule has 0 aromatic heterocycles. The van der Waals surface area contributed by atoms with Crippen molar-refractivity contribution in [3.63, 3.8) is 0 Å². The van der Waals surface area contributed by atoms with Gasteiger partial charge in [-0.15, -0.1) is 0 Å². The van der Waals surface area contributed by atoms with E-state index in [1.807, 2.05) is 12.1 Å². The van der Waals surface area contributed by atoms with Crippen molar-refractivity contribution >= 4 is 17.3 Å². The van der Waals surface area contributed by atoms with E-state index in [0.717, 1.165) is 44.5 Å². The van der Waals surface area contributed by atoms with Crippen molar-refractivity contribution in [2.24, 2.45) is 11.7 Å². The molecule has 4 nitrogen and oxygen atoms in total. The molecule has 1 fully saturated rings. The Morgan fingerprint density at radius 1 is 1.05 bits per heavy atom. The van der Waals surface area contributed by atoms with Crippen LogP contribution in [-0.2, 0) is 4.79 Å². The van der Waals surface area contributed by atoms with Crippen LogP contribution in [0.2, 0.25) is 0 Å². The molecule has 21 heavy (non-hydrogen) atoms. The average molecular weight is 285 g/mol. The first-order chi connectivity index (χ1) is 10.2. The summed E-state index contributed by atoms with van der Waals surface area (Å²) in [6.45, 7) is 1.93. The molecule has 1 aliphatic carbocycles. The fraction of sp³-hybridized carbons (Fsp3) is 0.471.